The van der Waals surface area contributed by atoms with E-state index in [0.717, 1.165) is 0 Å². The summed E-state index contributed by atoms with van der Waals surface area (Å²) in [5, 5.41) is 21.2. The van der Waals surface area contributed by atoms with Gasteiger partial charge in [0.15, 0.2) is 5.82 Å². The van der Waals surface area contributed by atoms with Crippen molar-refractivity contribution in [1.82, 2.24) is 19.5 Å². The normalized spacial score (nSPS) is 23.8. The SMILES string of the molecule is O=C(Nc1ccn([C@H]2C[C@H](O)[C@@H](CO)O2)c(=O)n1)c1ncc[nH]1. The van der Waals surface area contributed by atoms with Crippen LogP contribution >= 0.6 is 0 Å². The van der Waals surface area contributed by atoms with E-state index < -0.39 is 30.0 Å². The molecule has 0 radical (unpaired) electrons. The first-order chi connectivity index (χ1) is 11.1. The van der Waals surface area contributed by atoms with Gasteiger partial charge < -0.3 is 25.3 Å². The molecule has 1 saturated heterocycles. The number of aliphatic hydroxyl groups is 2. The number of hydrogen-bond donors (Lipinski definition) is 4. The number of rotatable bonds is 4. The second kappa shape index (κ2) is 6.28. The number of anilines is 1. The van der Waals surface area contributed by atoms with Crippen molar-refractivity contribution in [2.24, 2.45) is 0 Å². The molecule has 122 valence electrons. The van der Waals surface area contributed by atoms with E-state index in [2.05, 4.69) is 20.3 Å². The molecule has 2 aromatic rings. The molecule has 10 nitrogen and oxygen atoms in total. The maximum atomic E-state index is 12.0. The Balaban J connectivity index is 1.74. The predicted octanol–water partition coefficient (Wildman–Crippen LogP) is -1.14. The van der Waals surface area contributed by atoms with Gasteiger partial charge in [0, 0.05) is 25.0 Å². The van der Waals surface area contributed by atoms with Crippen LogP contribution in [0.4, 0.5) is 5.82 Å². The van der Waals surface area contributed by atoms with Crippen molar-refractivity contribution in [3.63, 3.8) is 0 Å². The van der Waals surface area contributed by atoms with Gasteiger partial charge in [-0.05, 0) is 6.07 Å². The summed E-state index contributed by atoms with van der Waals surface area (Å²) < 4.78 is 6.59. The van der Waals surface area contributed by atoms with Crippen LogP contribution < -0.4 is 11.0 Å². The zero-order chi connectivity index (χ0) is 16.4. The predicted molar refractivity (Wildman–Crippen MR) is 76.7 cm³/mol. The molecule has 10 heteroatoms. The average Bonchev–Trinajstić information content (AvgIpc) is 3.16. The monoisotopic (exact) mass is 321 g/mol. The topological polar surface area (TPSA) is 142 Å². The van der Waals surface area contributed by atoms with E-state index in [9.17, 15) is 14.7 Å². The van der Waals surface area contributed by atoms with Crippen molar-refractivity contribution in [1.29, 1.82) is 0 Å². The summed E-state index contributed by atoms with van der Waals surface area (Å²) in [6.45, 7) is -0.336. The maximum absolute atomic E-state index is 12.0. The number of ether oxygens (including phenoxy) is 1. The van der Waals surface area contributed by atoms with Gasteiger partial charge in [-0.1, -0.05) is 0 Å². The largest absolute Gasteiger partial charge is 0.394 e. The molecule has 1 amide bonds. The summed E-state index contributed by atoms with van der Waals surface area (Å²) >= 11 is 0. The number of aliphatic hydroxyl groups excluding tert-OH is 2. The Labute approximate surface area is 129 Å². The van der Waals surface area contributed by atoms with Gasteiger partial charge in [-0.2, -0.15) is 4.98 Å². The Morgan fingerprint density at radius 1 is 1.57 bits per heavy atom. The Kier molecular flexibility index (Phi) is 4.19. The first-order valence-corrected chi connectivity index (χ1v) is 6.93. The number of carbonyl (C=O) groups excluding carboxylic acids is 1. The number of hydrogen-bond acceptors (Lipinski definition) is 7. The molecule has 0 spiro atoms. The summed E-state index contributed by atoms with van der Waals surface area (Å²) in [6.07, 6.45) is 2.22. The van der Waals surface area contributed by atoms with Gasteiger partial charge in [-0.15, -0.1) is 0 Å². The van der Waals surface area contributed by atoms with Gasteiger partial charge in [0.25, 0.3) is 5.91 Å². The molecular formula is C13H15N5O5. The number of nitrogens with one attached hydrogen (secondary N) is 2. The Hall–Kier alpha value is -2.56. The van der Waals surface area contributed by atoms with Crippen molar-refractivity contribution < 1.29 is 19.7 Å². The van der Waals surface area contributed by atoms with Crippen LogP contribution in [0.3, 0.4) is 0 Å². The quantitative estimate of drug-likeness (QED) is 0.557. The third kappa shape index (κ3) is 3.13. The second-order valence-electron chi connectivity index (χ2n) is 5.01. The molecule has 2 aromatic heterocycles. The number of aromatic amines is 1. The van der Waals surface area contributed by atoms with E-state index in [1.54, 1.807) is 0 Å². The van der Waals surface area contributed by atoms with Gasteiger partial charge in [-0.3, -0.25) is 9.36 Å². The molecule has 1 aliphatic heterocycles. The van der Waals surface area contributed by atoms with Gasteiger partial charge >= 0.3 is 5.69 Å². The average molecular weight is 321 g/mol. The van der Waals surface area contributed by atoms with Gasteiger partial charge in [0.1, 0.15) is 18.1 Å². The van der Waals surface area contributed by atoms with Crippen LogP contribution in [0.2, 0.25) is 0 Å². The highest BCUT2D eigenvalue weighted by Gasteiger charge is 2.34. The molecule has 0 bridgehead atoms. The standard InChI is InChI=1S/C13H15N5O5/c19-6-8-7(20)5-10(23-8)18-4-1-9(17-13(18)22)16-12(21)11-14-2-3-15-11/h1-4,7-8,10,19-20H,5-6H2,(H,14,15)(H,16,17,21,22)/t7-,8+,10+/m0/s1. The molecule has 1 fully saturated rings. The lowest BCUT2D eigenvalue weighted by atomic mass is 10.2. The summed E-state index contributed by atoms with van der Waals surface area (Å²) in [7, 11) is 0. The fourth-order valence-corrected chi connectivity index (χ4v) is 2.32. The lowest BCUT2D eigenvalue weighted by Gasteiger charge is -2.14. The van der Waals surface area contributed by atoms with E-state index in [-0.39, 0.29) is 24.7 Å². The molecule has 0 saturated carbocycles. The summed E-state index contributed by atoms with van der Waals surface area (Å²) in [4.78, 5) is 34.0. The third-order valence-corrected chi connectivity index (χ3v) is 3.48. The molecule has 0 unspecified atom stereocenters. The number of nitrogens with zero attached hydrogens (tertiary/aromatic N) is 3. The number of imidazole rings is 1. The van der Waals surface area contributed by atoms with Crippen molar-refractivity contribution in [2.75, 3.05) is 11.9 Å². The van der Waals surface area contributed by atoms with Crippen molar-refractivity contribution in [3.05, 3.63) is 41.0 Å². The van der Waals surface area contributed by atoms with Crippen LogP contribution in [0.25, 0.3) is 0 Å². The van der Waals surface area contributed by atoms with Crippen LogP contribution in [-0.4, -0.2) is 54.5 Å². The molecule has 0 aliphatic carbocycles. The fourth-order valence-electron chi connectivity index (χ4n) is 2.32. The van der Waals surface area contributed by atoms with Crippen LogP contribution in [0.15, 0.2) is 29.5 Å². The van der Waals surface area contributed by atoms with Gasteiger partial charge in [0.05, 0.1) is 12.7 Å². The lowest BCUT2D eigenvalue weighted by Crippen LogP contribution is -2.28. The van der Waals surface area contributed by atoms with E-state index in [0.29, 0.717) is 0 Å². The van der Waals surface area contributed by atoms with Crippen molar-refractivity contribution >= 4 is 11.7 Å². The molecule has 3 heterocycles. The van der Waals surface area contributed by atoms with Crippen LogP contribution in [0, 0.1) is 0 Å². The number of H-pyrrole nitrogens is 1. The maximum Gasteiger partial charge on any atom is 0.351 e. The molecule has 23 heavy (non-hydrogen) atoms. The number of aromatic nitrogens is 4. The molecule has 1 aliphatic rings. The van der Waals surface area contributed by atoms with Crippen LogP contribution in [0.5, 0.6) is 0 Å². The number of amides is 1. The molecule has 3 atom stereocenters. The van der Waals surface area contributed by atoms with Gasteiger partial charge in [0.2, 0.25) is 0 Å². The first-order valence-electron chi connectivity index (χ1n) is 6.93. The third-order valence-electron chi connectivity index (χ3n) is 3.48. The molecule has 3 rings (SSSR count). The minimum Gasteiger partial charge on any atom is -0.394 e. The Morgan fingerprint density at radius 2 is 2.39 bits per heavy atom. The van der Waals surface area contributed by atoms with Crippen molar-refractivity contribution in [2.45, 2.75) is 24.9 Å². The van der Waals surface area contributed by atoms with Crippen LogP contribution in [-0.2, 0) is 4.74 Å². The smallest absolute Gasteiger partial charge is 0.351 e. The minimum atomic E-state index is -0.852. The van der Waals surface area contributed by atoms with Crippen molar-refractivity contribution in [3.8, 4) is 0 Å². The second-order valence-corrected chi connectivity index (χ2v) is 5.01. The molecular weight excluding hydrogens is 306 g/mol. The van der Waals surface area contributed by atoms with Gasteiger partial charge in [-0.25, -0.2) is 9.78 Å². The zero-order valence-corrected chi connectivity index (χ0v) is 11.9. The first kappa shape index (κ1) is 15.3. The zero-order valence-electron chi connectivity index (χ0n) is 11.9. The summed E-state index contributed by atoms with van der Waals surface area (Å²) in [6, 6.07) is 1.43. The number of carbonyl (C=O) groups is 1. The van der Waals surface area contributed by atoms with E-state index >= 15 is 0 Å². The lowest BCUT2D eigenvalue weighted by molar-refractivity contribution is -0.0458. The highest BCUT2D eigenvalue weighted by molar-refractivity contribution is 6.00. The molecule has 0 aromatic carbocycles. The van der Waals surface area contributed by atoms with E-state index in [4.69, 9.17) is 9.84 Å². The summed E-state index contributed by atoms with van der Waals surface area (Å²) in [5.74, 6) is -0.346. The van der Waals surface area contributed by atoms with E-state index in [1.165, 1.54) is 29.2 Å². The minimum absolute atomic E-state index is 0.0740. The van der Waals surface area contributed by atoms with E-state index in [1.807, 2.05) is 0 Å². The van der Waals surface area contributed by atoms with Crippen LogP contribution in [0.1, 0.15) is 23.3 Å². The Morgan fingerprint density at radius 3 is 3.00 bits per heavy atom. The highest BCUT2D eigenvalue weighted by atomic mass is 16.5. The summed E-state index contributed by atoms with van der Waals surface area (Å²) in [5.41, 5.74) is -0.641. The highest BCUT2D eigenvalue weighted by Crippen LogP contribution is 2.27. The fraction of sp³-hybridized carbons (Fsp3) is 0.385. The molecule has 4 N–H and O–H groups in total. The Bertz CT molecular complexity index is 743.